The fourth-order valence-corrected chi connectivity index (χ4v) is 1.79. The van der Waals surface area contributed by atoms with Crippen molar-refractivity contribution in [2.24, 2.45) is 11.7 Å². The van der Waals surface area contributed by atoms with Gasteiger partial charge in [-0.1, -0.05) is 28.9 Å². The monoisotopic (exact) mass is 259 g/mol. The van der Waals surface area contributed by atoms with Crippen LogP contribution in [-0.2, 0) is 6.42 Å². The molecule has 14 heavy (non-hydrogen) atoms. The highest BCUT2D eigenvalue weighted by Gasteiger charge is 2.04. The summed E-state index contributed by atoms with van der Waals surface area (Å²) in [5, 5.41) is 0. The standard InChI is InChI=1S/C11H15BrFN/c1-8(7-14)2-3-9-4-5-10(13)6-11(9)12/h4-6,8H,2-3,7,14H2,1H3. The molecule has 1 nitrogen and oxygen atoms in total. The van der Waals surface area contributed by atoms with Crippen LogP contribution in [0.5, 0.6) is 0 Å². The number of rotatable bonds is 4. The Morgan fingerprint density at radius 1 is 1.50 bits per heavy atom. The molecule has 2 N–H and O–H groups in total. The molecule has 1 aromatic rings. The van der Waals surface area contributed by atoms with Gasteiger partial charge in [0.2, 0.25) is 0 Å². The topological polar surface area (TPSA) is 26.0 Å². The van der Waals surface area contributed by atoms with E-state index in [0.29, 0.717) is 12.5 Å². The van der Waals surface area contributed by atoms with Gasteiger partial charge in [-0.2, -0.15) is 0 Å². The molecule has 0 aliphatic carbocycles. The second-order valence-electron chi connectivity index (χ2n) is 3.62. The van der Waals surface area contributed by atoms with E-state index in [4.69, 9.17) is 5.73 Å². The van der Waals surface area contributed by atoms with E-state index in [-0.39, 0.29) is 5.82 Å². The van der Waals surface area contributed by atoms with Crippen molar-refractivity contribution in [3.63, 3.8) is 0 Å². The number of hydrogen-bond donors (Lipinski definition) is 1. The van der Waals surface area contributed by atoms with Crippen LogP contribution in [0.1, 0.15) is 18.9 Å². The molecule has 0 saturated carbocycles. The largest absolute Gasteiger partial charge is 0.330 e. The molecule has 0 radical (unpaired) electrons. The van der Waals surface area contributed by atoms with Crippen LogP contribution in [0.25, 0.3) is 0 Å². The van der Waals surface area contributed by atoms with E-state index in [2.05, 4.69) is 22.9 Å². The molecule has 1 aromatic carbocycles. The Balaban J connectivity index is 2.59. The van der Waals surface area contributed by atoms with Crippen LogP contribution in [0.15, 0.2) is 22.7 Å². The van der Waals surface area contributed by atoms with Crippen molar-refractivity contribution in [1.82, 2.24) is 0 Å². The Kier molecular flexibility index (Phi) is 4.55. The lowest BCUT2D eigenvalue weighted by atomic mass is 10.0. The Morgan fingerprint density at radius 2 is 2.21 bits per heavy atom. The van der Waals surface area contributed by atoms with E-state index in [1.54, 1.807) is 0 Å². The highest BCUT2D eigenvalue weighted by Crippen LogP contribution is 2.20. The lowest BCUT2D eigenvalue weighted by Crippen LogP contribution is -2.11. The Morgan fingerprint density at radius 3 is 2.79 bits per heavy atom. The third-order valence-corrected chi connectivity index (χ3v) is 3.06. The first kappa shape index (κ1) is 11.7. The van der Waals surface area contributed by atoms with Crippen LogP contribution < -0.4 is 5.73 Å². The predicted molar refractivity (Wildman–Crippen MR) is 60.6 cm³/mol. The van der Waals surface area contributed by atoms with Gasteiger partial charge >= 0.3 is 0 Å². The summed E-state index contributed by atoms with van der Waals surface area (Å²) in [4.78, 5) is 0. The first-order chi connectivity index (χ1) is 6.63. The van der Waals surface area contributed by atoms with Crippen molar-refractivity contribution in [3.05, 3.63) is 34.1 Å². The normalized spacial score (nSPS) is 12.9. The maximum atomic E-state index is 12.8. The van der Waals surface area contributed by atoms with Crippen LogP contribution in [0.3, 0.4) is 0 Å². The van der Waals surface area contributed by atoms with Gasteiger partial charge in [-0.3, -0.25) is 0 Å². The molecular weight excluding hydrogens is 245 g/mol. The molecular formula is C11H15BrFN. The number of halogens is 2. The van der Waals surface area contributed by atoms with Gasteiger partial charge in [0.25, 0.3) is 0 Å². The third-order valence-electron chi connectivity index (χ3n) is 2.32. The van der Waals surface area contributed by atoms with E-state index in [0.717, 1.165) is 22.9 Å². The molecule has 0 bridgehead atoms. The summed E-state index contributed by atoms with van der Waals surface area (Å²) in [7, 11) is 0. The zero-order valence-corrected chi connectivity index (χ0v) is 9.85. The summed E-state index contributed by atoms with van der Waals surface area (Å²) >= 11 is 3.35. The second kappa shape index (κ2) is 5.47. The molecule has 1 rings (SSSR count). The minimum Gasteiger partial charge on any atom is -0.330 e. The number of nitrogens with two attached hydrogens (primary N) is 1. The SMILES string of the molecule is CC(CN)CCc1ccc(F)cc1Br. The van der Waals surface area contributed by atoms with Crippen molar-refractivity contribution in [2.75, 3.05) is 6.54 Å². The van der Waals surface area contributed by atoms with Crippen LogP contribution in [0, 0.1) is 11.7 Å². The summed E-state index contributed by atoms with van der Waals surface area (Å²) in [6, 6.07) is 4.82. The van der Waals surface area contributed by atoms with Crippen molar-refractivity contribution in [3.8, 4) is 0 Å². The van der Waals surface area contributed by atoms with Crippen LogP contribution in [0.4, 0.5) is 4.39 Å². The molecule has 0 heterocycles. The van der Waals surface area contributed by atoms with Gasteiger partial charge in [0.1, 0.15) is 5.82 Å². The molecule has 0 fully saturated rings. The average Bonchev–Trinajstić information content (AvgIpc) is 2.16. The zero-order valence-electron chi connectivity index (χ0n) is 8.26. The Labute approximate surface area is 92.6 Å². The Hall–Kier alpha value is -0.410. The van der Waals surface area contributed by atoms with E-state index < -0.39 is 0 Å². The number of aryl methyl sites for hydroxylation is 1. The molecule has 0 aliphatic rings. The maximum Gasteiger partial charge on any atom is 0.124 e. The van der Waals surface area contributed by atoms with E-state index in [1.807, 2.05) is 6.07 Å². The van der Waals surface area contributed by atoms with Gasteiger partial charge in [-0.25, -0.2) is 4.39 Å². The van der Waals surface area contributed by atoms with Crippen LogP contribution >= 0.6 is 15.9 Å². The molecule has 0 amide bonds. The number of benzene rings is 1. The van der Waals surface area contributed by atoms with Gasteiger partial charge in [-0.05, 0) is 43.0 Å². The molecule has 3 heteroatoms. The minimum atomic E-state index is -0.201. The Bertz CT molecular complexity index is 301. The van der Waals surface area contributed by atoms with Crippen molar-refractivity contribution in [1.29, 1.82) is 0 Å². The van der Waals surface area contributed by atoms with Crippen molar-refractivity contribution in [2.45, 2.75) is 19.8 Å². The fourth-order valence-electron chi connectivity index (χ4n) is 1.24. The molecule has 0 saturated heterocycles. The third kappa shape index (κ3) is 3.39. The first-order valence-electron chi connectivity index (χ1n) is 4.77. The van der Waals surface area contributed by atoms with Gasteiger partial charge in [0, 0.05) is 4.47 Å². The van der Waals surface area contributed by atoms with E-state index >= 15 is 0 Å². The summed E-state index contributed by atoms with van der Waals surface area (Å²) in [5.41, 5.74) is 6.67. The van der Waals surface area contributed by atoms with Gasteiger partial charge < -0.3 is 5.73 Å². The summed E-state index contributed by atoms with van der Waals surface area (Å²) < 4.78 is 13.6. The molecule has 0 aliphatic heterocycles. The molecule has 1 atom stereocenters. The first-order valence-corrected chi connectivity index (χ1v) is 5.56. The summed E-state index contributed by atoms with van der Waals surface area (Å²) in [6.07, 6.45) is 1.99. The highest BCUT2D eigenvalue weighted by molar-refractivity contribution is 9.10. The minimum absolute atomic E-state index is 0.201. The zero-order chi connectivity index (χ0) is 10.6. The van der Waals surface area contributed by atoms with Gasteiger partial charge in [0.15, 0.2) is 0 Å². The molecule has 1 unspecified atom stereocenters. The second-order valence-corrected chi connectivity index (χ2v) is 4.47. The predicted octanol–water partition coefficient (Wildman–Crippen LogP) is 3.12. The number of hydrogen-bond acceptors (Lipinski definition) is 1. The summed E-state index contributed by atoms with van der Waals surface area (Å²) in [6.45, 7) is 2.83. The van der Waals surface area contributed by atoms with E-state index in [1.165, 1.54) is 12.1 Å². The lowest BCUT2D eigenvalue weighted by molar-refractivity contribution is 0.543. The molecule has 0 aromatic heterocycles. The summed E-state index contributed by atoms with van der Waals surface area (Å²) in [5.74, 6) is 0.319. The molecule has 0 spiro atoms. The average molecular weight is 260 g/mol. The van der Waals surface area contributed by atoms with Crippen molar-refractivity contribution >= 4 is 15.9 Å². The fraction of sp³-hybridized carbons (Fsp3) is 0.455. The maximum absolute atomic E-state index is 12.8. The van der Waals surface area contributed by atoms with Crippen LogP contribution in [0.2, 0.25) is 0 Å². The smallest absolute Gasteiger partial charge is 0.124 e. The van der Waals surface area contributed by atoms with Gasteiger partial charge in [-0.15, -0.1) is 0 Å². The lowest BCUT2D eigenvalue weighted by Gasteiger charge is -2.09. The van der Waals surface area contributed by atoms with Crippen LogP contribution in [-0.4, -0.2) is 6.54 Å². The highest BCUT2D eigenvalue weighted by atomic mass is 79.9. The van der Waals surface area contributed by atoms with Gasteiger partial charge in [0.05, 0.1) is 0 Å². The quantitative estimate of drug-likeness (QED) is 0.884. The molecule has 78 valence electrons. The van der Waals surface area contributed by atoms with E-state index in [9.17, 15) is 4.39 Å². The van der Waals surface area contributed by atoms with Crippen molar-refractivity contribution < 1.29 is 4.39 Å².